The topological polar surface area (TPSA) is 100 Å². The number of benzene rings is 3. The first-order valence-electron chi connectivity index (χ1n) is 10.7. The van der Waals surface area contributed by atoms with Crippen LogP contribution in [0.5, 0.6) is 0 Å². The van der Waals surface area contributed by atoms with Crippen molar-refractivity contribution in [2.24, 2.45) is 0 Å². The quantitative estimate of drug-likeness (QED) is 0.342. The van der Waals surface area contributed by atoms with E-state index < -0.39 is 10.8 Å². The maximum absolute atomic E-state index is 12.9. The van der Waals surface area contributed by atoms with Crippen LogP contribution >= 0.6 is 0 Å². The molecule has 0 radical (unpaired) electrons. The van der Waals surface area contributed by atoms with Crippen LogP contribution < -0.4 is 16.0 Å². The van der Waals surface area contributed by atoms with Gasteiger partial charge in [0, 0.05) is 45.9 Å². The van der Waals surface area contributed by atoms with Crippen molar-refractivity contribution in [3.05, 3.63) is 95.2 Å². The molecule has 8 heteroatoms. The van der Waals surface area contributed by atoms with Crippen molar-refractivity contribution >= 4 is 45.1 Å². The lowest BCUT2D eigenvalue weighted by Gasteiger charge is -2.10. The number of rotatable bonds is 7. The SMILES string of the molecule is Cc1cccc(NC(=O)Nc2cccc(CNC(=O)c3oc4ccccc4c3CS(C)=O)c2)c1. The van der Waals surface area contributed by atoms with Crippen molar-refractivity contribution in [1.29, 1.82) is 0 Å². The zero-order valence-electron chi connectivity index (χ0n) is 18.9. The van der Waals surface area contributed by atoms with Gasteiger partial charge in [-0.05, 0) is 48.4 Å². The predicted octanol–water partition coefficient (Wildman–Crippen LogP) is 5.19. The molecule has 1 unspecified atom stereocenters. The molecule has 0 aliphatic carbocycles. The minimum Gasteiger partial charge on any atom is -0.451 e. The summed E-state index contributed by atoms with van der Waals surface area (Å²) in [7, 11) is -1.13. The molecule has 0 saturated heterocycles. The highest BCUT2D eigenvalue weighted by Crippen LogP contribution is 2.27. The third-order valence-electron chi connectivity index (χ3n) is 5.17. The van der Waals surface area contributed by atoms with E-state index >= 15 is 0 Å². The highest BCUT2D eigenvalue weighted by Gasteiger charge is 2.21. The summed E-state index contributed by atoms with van der Waals surface area (Å²) in [6, 6.07) is 21.7. The van der Waals surface area contributed by atoms with E-state index in [9.17, 15) is 13.8 Å². The zero-order valence-corrected chi connectivity index (χ0v) is 19.7. The van der Waals surface area contributed by atoms with Gasteiger partial charge in [0.15, 0.2) is 5.76 Å². The van der Waals surface area contributed by atoms with Gasteiger partial charge in [0.1, 0.15) is 5.58 Å². The lowest BCUT2D eigenvalue weighted by Crippen LogP contribution is -2.24. The number of amides is 3. The number of nitrogens with one attached hydrogen (secondary N) is 3. The second kappa shape index (κ2) is 10.4. The van der Waals surface area contributed by atoms with E-state index in [2.05, 4.69) is 16.0 Å². The standard InChI is InChI=1S/C26H25N3O4S/c1-17-7-5-9-19(13-17)28-26(31)29-20-10-6-8-18(14-20)15-27-25(30)24-22(16-34(2)32)21-11-3-4-12-23(21)33-24/h3-14H,15-16H2,1-2H3,(H,27,30)(H2,28,29,31). The van der Waals surface area contributed by atoms with Crippen LogP contribution in [0.15, 0.2) is 77.2 Å². The average Bonchev–Trinajstić information content (AvgIpc) is 3.15. The monoisotopic (exact) mass is 475 g/mol. The predicted molar refractivity (Wildman–Crippen MR) is 135 cm³/mol. The van der Waals surface area contributed by atoms with Crippen LogP contribution in [0.2, 0.25) is 0 Å². The molecule has 4 aromatic rings. The second-order valence-electron chi connectivity index (χ2n) is 7.96. The van der Waals surface area contributed by atoms with Crippen molar-refractivity contribution in [2.75, 3.05) is 16.9 Å². The van der Waals surface area contributed by atoms with E-state index in [0.29, 0.717) is 22.5 Å². The summed E-state index contributed by atoms with van der Waals surface area (Å²) in [6.07, 6.45) is 1.59. The van der Waals surface area contributed by atoms with E-state index in [4.69, 9.17) is 4.42 Å². The van der Waals surface area contributed by atoms with E-state index in [1.807, 2.05) is 55.5 Å². The summed E-state index contributed by atoms with van der Waals surface area (Å²) in [5.74, 6) is 0.0188. The molecule has 1 aromatic heterocycles. The fraction of sp³-hybridized carbons (Fsp3) is 0.154. The summed E-state index contributed by atoms with van der Waals surface area (Å²) in [6.45, 7) is 2.19. The van der Waals surface area contributed by atoms with Crippen molar-refractivity contribution in [3.63, 3.8) is 0 Å². The molecule has 1 heterocycles. The molecule has 0 bridgehead atoms. The third kappa shape index (κ3) is 5.71. The molecule has 4 rings (SSSR count). The minimum atomic E-state index is -1.13. The number of hydrogen-bond donors (Lipinski definition) is 3. The maximum atomic E-state index is 12.9. The van der Waals surface area contributed by atoms with E-state index in [1.54, 1.807) is 30.5 Å². The highest BCUT2D eigenvalue weighted by molar-refractivity contribution is 7.83. The number of anilines is 2. The molecule has 3 amide bonds. The molecule has 3 N–H and O–H groups in total. The smallest absolute Gasteiger partial charge is 0.323 e. The van der Waals surface area contributed by atoms with Crippen LogP contribution in [0.4, 0.5) is 16.2 Å². The first kappa shape index (κ1) is 23.3. The molecule has 7 nitrogen and oxygen atoms in total. The van der Waals surface area contributed by atoms with Gasteiger partial charge in [-0.25, -0.2) is 4.79 Å². The Kier molecular flexibility index (Phi) is 7.08. The molecule has 0 spiro atoms. The van der Waals surface area contributed by atoms with Gasteiger partial charge in [-0.3, -0.25) is 9.00 Å². The number of aryl methyl sites for hydroxylation is 1. The van der Waals surface area contributed by atoms with Crippen molar-refractivity contribution in [3.8, 4) is 0 Å². The van der Waals surface area contributed by atoms with Crippen molar-refractivity contribution in [1.82, 2.24) is 5.32 Å². The van der Waals surface area contributed by atoms with E-state index in [1.165, 1.54) is 0 Å². The number of hydrogen-bond acceptors (Lipinski definition) is 4. The molecule has 3 aromatic carbocycles. The molecule has 0 fully saturated rings. The fourth-order valence-electron chi connectivity index (χ4n) is 3.67. The lowest BCUT2D eigenvalue weighted by molar-refractivity contribution is 0.0924. The molecule has 0 saturated carbocycles. The fourth-order valence-corrected chi connectivity index (χ4v) is 4.36. The Morgan fingerprint density at radius 2 is 1.62 bits per heavy atom. The molecule has 34 heavy (non-hydrogen) atoms. The van der Waals surface area contributed by atoms with Crippen molar-refractivity contribution in [2.45, 2.75) is 19.2 Å². The number of urea groups is 1. The summed E-state index contributed by atoms with van der Waals surface area (Å²) in [4.78, 5) is 25.2. The number of carbonyl (C=O) groups excluding carboxylic acids is 2. The molecule has 0 aliphatic heterocycles. The largest absolute Gasteiger partial charge is 0.451 e. The average molecular weight is 476 g/mol. The van der Waals surface area contributed by atoms with Crippen molar-refractivity contribution < 1.29 is 18.2 Å². The minimum absolute atomic E-state index is 0.170. The van der Waals surface area contributed by atoms with Gasteiger partial charge in [0.25, 0.3) is 5.91 Å². The van der Waals surface area contributed by atoms with Gasteiger partial charge < -0.3 is 20.4 Å². The molecular weight excluding hydrogens is 450 g/mol. The molecular formula is C26H25N3O4S. The Balaban J connectivity index is 1.42. The number of carbonyl (C=O) groups is 2. The van der Waals surface area contributed by atoms with Gasteiger partial charge >= 0.3 is 6.03 Å². The Labute approximate surface area is 200 Å². The first-order chi connectivity index (χ1) is 16.4. The Morgan fingerprint density at radius 3 is 2.35 bits per heavy atom. The number of furan rings is 1. The summed E-state index contributed by atoms with van der Waals surface area (Å²) in [5.41, 5.74) is 4.38. The Bertz CT molecular complexity index is 1380. The number of para-hydroxylation sites is 1. The summed E-state index contributed by atoms with van der Waals surface area (Å²) in [5, 5.41) is 9.25. The van der Waals surface area contributed by atoms with E-state index in [0.717, 1.165) is 16.5 Å². The van der Waals surface area contributed by atoms with Crippen LogP contribution in [-0.2, 0) is 23.1 Å². The maximum Gasteiger partial charge on any atom is 0.323 e. The van der Waals surface area contributed by atoms with Gasteiger partial charge in [0.2, 0.25) is 0 Å². The van der Waals surface area contributed by atoms with E-state index in [-0.39, 0.29) is 30.0 Å². The molecule has 174 valence electrons. The Hall–Kier alpha value is -3.91. The number of fused-ring (bicyclic) bond motifs is 1. The normalized spacial score (nSPS) is 11.7. The highest BCUT2D eigenvalue weighted by atomic mass is 32.2. The second-order valence-corrected chi connectivity index (χ2v) is 9.39. The lowest BCUT2D eigenvalue weighted by atomic mass is 10.1. The van der Waals surface area contributed by atoms with Gasteiger partial charge in [-0.2, -0.15) is 0 Å². The zero-order chi connectivity index (χ0) is 24.1. The first-order valence-corrected chi connectivity index (χ1v) is 12.4. The van der Waals surface area contributed by atoms with Crippen LogP contribution in [0.25, 0.3) is 11.0 Å². The van der Waals surface area contributed by atoms with Gasteiger partial charge in [0.05, 0.1) is 5.75 Å². The van der Waals surface area contributed by atoms with Gasteiger partial charge in [-0.1, -0.05) is 42.5 Å². The molecule has 1 atom stereocenters. The van der Waals surface area contributed by atoms with Crippen LogP contribution in [-0.4, -0.2) is 22.4 Å². The van der Waals surface area contributed by atoms with Gasteiger partial charge in [-0.15, -0.1) is 0 Å². The van der Waals surface area contributed by atoms with Crippen LogP contribution in [0.3, 0.4) is 0 Å². The summed E-state index contributed by atoms with van der Waals surface area (Å²) < 4.78 is 17.6. The van der Waals surface area contributed by atoms with Crippen LogP contribution in [0, 0.1) is 6.92 Å². The summed E-state index contributed by atoms with van der Waals surface area (Å²) >= 11 is 0. The van der Waals surface area contributed by atoms with Crippen LogP contribution in [0.1, 0.15) is 27.2 Å². The Morgan fingerprint density at radius 1 is 0.912 bits per heavy atom. The third-order valence-corrected chi connectivity index (χ3v) is 5.86. The molecule has 0 aliphatic rings.